The van der Waals surface area contributed by atoms with Crippen LogP contribution < -0.4 is 10.6 Å². The third kappa shape index (κ3) is 5.09. The normalized spacial score (nSPS) is 10.2. The van der Waals surface area contributed by atoms with Crippen LogP contribution in [0.5, 0.6) is 0 Å². The fourth-order valence-corrected chi connectivity index (χ4v) is 2.23. The summed E-state index contributed by atoms with van der Waals surface area (Å²) in [6, 6.07) is 6.63. The van der Waals surface area contributed by atoms with Crippen molar-refractivity contribution < 1.29 is 9.59 Å². The molecule has 0 bridgehead atoms. The molecule has 6 nitrogen and oxygen atoms in total. The number of carbonyl (C=O) groups excluding carboxylic acids is 2. The van der Waals surface area contributed by atoms with E-state index in [1.54, 1.807) is 30.5 Å². The zero-order chi connectivity index (χ0) is 16.8. The Labute approximate surface area is 147 Å². The molecule has 0 aliphatic carbocycles. The Kier molecular flexibility index (Phi) is 6.20. The molecule has 120 valence electrons. The molecule has 1 aromatic heterocycles. The van der Waals surface area contributed by atoms with Crippen molar-refractivity contribution in [2.75, 3.05) is 18.1 Å². The van der Waals surface area contributed by atoms with Gasteiger partial charge in [0.05, 0.1) is 17.8 Å². The predicted octanol–water partition coefficient (Wildman–Crippen LogP) is 2.87. The Hall–Kier alpha value is -1.83. The number of benzene rings is 1. The van der Waals surface area contributed by atoms with Gasteiger partial charge < -0.3 is 10.6 Å². The highest BCUT2D eigenvalue weighted by atomic mass is 35.5. The van der Waals surface area contributed by atoms with Gasteiger partial charge in [0, 0.05) is 10.7 Å². The average molecular weight is 371 g/mol. The van der Waals surface area contributed by atoms with Crippen LogP contribution in [-0.4, -0.2) is 34.6 Å². The summed E-state index contributed by atoms with van der Waals surface area (Å²) in [6.07, 6.45) is 3.13. The molecule has 0 atom stereocenters. The maximum atomic E-state index is 12.0. The molecule has 0 aliphatic rings. The quantitative estimate of drug-likeness (QED) is 0.624. The van der Waals surface area contributed by atoms with Crippen LogP contribution in [0.15, 0.2) is 35.6 Å². The van der Waals surface area contributed by atoms with Gasteiger partial charge in [-0.05, 0) is 30.5 Å². The zero-order valence-corrected chi connectivity index (χ0v) is 14.3. The first kappa shape index (κ1) is 17.5. The molecule has 0 spiro atoms. The molecule has 2 N–H and O–H groups in total. The van der Waals surface area contributed by atoms with Crippen LogP contribution in [0, 0.1) is 0 Å². The van der Waals surface area contributed by atoms with E-state index in [1.165, 1.54) is 18.0 Å². The highest BCUT2D eigenvalue weighted by Gasteiger charge is 2.15. The number of nitrogens with zero attached hydrogens (tertiary/aromatic N) is 2. The summed E-state index contributed by atoms with van der Waals surface area (Å²) < 4.78 is 0. The van der Waals surface area contributed by atoms with Crippen LogP contribution in [0.25, 0.3) is 0 Å². The maximum absolute atomic E-state index is 12.0. The SMILES string of the molecule is CSc1ncc(Cl)c(C(=O)NCC(=O)Nc2ccc(Cl)cc2)n1. The van der Waals surface area contributed by atoms with Gasteiger partial charge in [-0.3, -0.25) is 9.59 Å². The molecule has 0 saturated carbocycles. The molecule has 9 heteroatoms. The van der Waals surface area contributed by atoms with E-state index in [-0.39, 0.29) is 23.2 Å². The second kappa shape index (κ2) is 8.14. The Balaban J connectivity index is 1.93. The fraction of sp³-hybridized carbons (Fsp3) is 0.143. The lowest BCUT2D eigenvalue weighted by molar-refractivity contribution is -0.115. The van der Waals surface area contributed by atoms with Gasteiger partial charge in [0.2, 0.25) is 5.91 Å². The number of hydrogen-bond acceptors (Lipinski definition) is 5. The van der Waals surface area contributed by atoms with E-state index in [9.17, 15) is 9.59 Å². The summed E-state index contributed by atoms with van der Waals surface area (Å²) in [6.45, 7) is -0.212. The Morgan fingerprint density at radius 1 is 1.22 bits per heavy atom. The van der Waals surface area contributed by atoms with Gasteiger partial charge in [-0.15, -0.1) is 0 Å². The third-order valence-corrected chi connectivity index (χ3v) is 3.75. The molecular weight excluding hydrogens is 359 g/mol. The molecule has 2 rings (SSSR count). The van der Waals surface area contributed by atoms with Crippen LogP contribution >= 0.6 is 35.0 Å². The van der Waals surface area contributed by atoms with Crippen LogP contribution in [0.4, 0.5) is 5.69 Å². The highest BCUT2D eigenvalue weighted by Crippen LogP contribution is 2.16. The van der Waals surface area contributed by atoms with Crippen molar-refractivity contribution in [3.05, 3.63) is 46.2 Å². The number of thioether (sulfide) groups is 1. The molecule has 0 aliphatic heterocycles. The first-order valence-corrected chi connectivity index (χ1v) is 8.38. The van der Waals surface area contributed by atoms with Crippen LogP contribution in [0.1, 0.15) is 10.5 Å². The summed E-state index contributed by atoms with van der Waals surface area (Å²) in [5, 5.41) is 6.21. The van der Waals surface area contributed by atoms with Crippen LogP contribution in [0.3, 0.4) is 0 Å². The molecular formula is C14H12Cl2N4O2S. The van der Waals surface area contributed by atoms with E-state index in [2.05, 4.69) is 20.6 Å². The standard InChI is InChI=1S/C14H12Cl2N4O2S/c1-23-14-18-6-10(16)12(20-14)13(22)17-7-11(21)19-9-4-2-8(15)3-5-9/h2-6H,7H2,1H3,(H,17,22)(H,19,21). The summed E-state index contributed by atoms with van der Waals surface area (Å²) in [4.78, 5) is 31.8. The lowest BCUT2D eigenvalue weighted by atomic mass is 10.3. The van der Waals surface area contributed by atoms with Crippen LogP contribution in [-0.2, 0) is 4.79 Å². The molecule has 2 amide bonds. The van der Waals surface area contributed by atoms with Gasteiger partial charge in [-0.25, -0.2) is 9.97 Å². The second-order valence-corrected chi connectivity index (χ2v) is 5.91. The number of aromatic nitrogens is 2. The number of hydrogen-bond donors (Lipinski definition) is 2. The van der Waals surface area contributed by atoms with Crippen molar-refractivity contribution in [1.82, 2.24) is 15.3 Å². The number of halogens is 2. The number of rotatable bonds is 5. The number of amides is 2. The monoisotopic (exact) mass is 370 g/mol. The smallest absolute Gasteiger partial charge is 0.272 e. The van der Waals surface area contributed by atoms with Crippen molar-refractivity contribution in [3.8, 4) is 0 Å². The Morgan fingerprint density at radius 3 is 2.57 bits per heavy atom. The van der Waals surface area contributed by atoms with Gasteiger partial charge in [0.15, 0.2) is 10.9 Å². The van der Waals surface area contributed by atoms with Crippen molar-refractivity contribution >= 4 is 52.5 Å². The Bertz CT molecular complexity index is 725. The average Bonchev–Trinajstić information content (AvgIpc) is 2.55. The molecule has 0 unspecified atom stereocenters. The molecule has 1 aromatic carbocycles. The molecule has 23 heavy (non-hydrogen) atoms. The van der Waals surface area contributed by atoms with Crippen LogP contribution in [0.2, 0.25) is 10.0 Å². The van der Waals surface area contributed by atoms with E-state index >= 15 is 0 Å². The highest BCUT2D eigenvalue weighted by molar-refractivity contribution is 7.98. The van der Waals surface area contributed by atoms with Gasteiger partial charge >= 0.3 is 0 Å². The minimum Gasteiger partial charge on any atom is -0.342 e. The van der Waals surface area contributed by atoms with E-state index in [0.29, 0.717) is 15.9 Å². The second-order valence-electron chi connectivity index (χ2n) is 4.29. The molecule has 0 fully saturated rings. The minimum atomic E-state index is -0.543. The summed E-state index contributed by atoms with van der Waals surface area (Å²) in [7, 11) is 0. The first-order chi connectivity index (χ1) is 11.0. The van der Waals surface area contributed by atoms with Crippen molar-refractivity contribution in [2.24, 2.45) is 0 Å². The van der Waals surface area contributed by atoms with Crippen molar-refractivity contribution in [1.29, 1.82) is 0 Å². The summed E-state index contributed by atoms with van der Waals surface area (Å²) >= 11 is 12.9. The maximum Gasteiger partial charge on any atom is 0.272 e. The molecule has 2 aromatic rings. The first-order valence-electron chi connectivity index (χ1n) is 6.39. The summed E-state index contributed by atoms with van der Waals surface area (Å²) in [5.41, 5.74) is 0.615. The van der Waals surface area contributed by atoms with Gasteiger partial charge in [-0.1, -0.05) is 35.0 Å². The zero-order valence-electron chi connectivity index (χ0n) is 12.0. The van der Waals surface area contributed by atoms with Crippen molar-refractivity contribution in [2.45, 2.75) is 5.16 Å². The fourth-order valence-electron chi connectivity index (χ4n) is 1.59. The number of anilines is 1. The third-order valence-electron chi connectivity index (χ3n) is 2.66. The number of nitrogens with one attached hydrogen (secondary N) is 2. The predicted molar refractivity (Wildman–Crippen MR) is 91.2 cm³/mol. The van der Waals surface area contributed by atoms with E-state index in [1.807, 2.05) is 0 Å². The Morgan fingerprint density at radius 2 is 1.91 bits per heavy atom. The summed E-state index contributed by atoms with van der Waals surface area (Å²) in [5.74, 6) is -0.921. The lowest BCUT2D eigenvalue weighted by Crippen LogP contribution is -2.33. The van der Waals surface area contributed by atoms with E-state index < -0.39 is 5.91 Å². The molecule has 1 heterocycles. The number of carbonyl (C=O) groups is 2. The van der Waals surface area contributed by atoms with E-state index in [4.69, 9.17) is 23.2 Å². The van der Waals surface area contributed by atoms with E-state index in [0.717, 1.165) is 0 Å². The lowest BCUT2D eigenvalue weighted by Gasteiger charge is -2.08. The molecule has 0 radical (unpaired) electrons. The van der Waals surface area contributed by atoms with Crippen molar-refractivity contribution in [3.63, 3.8) is 0 Å². The van der Waals surface area contributed by atoms with Gasteiger partial charge in [0.25, 0.3) is 5.91 Å². The largest absolute Gasteiger partial charge is 0.342 e. The molecule has 0 saturated heterocycles. The topological polar surface area (TPSA) is 84.0 Å². The minimum absolute atomic E-state index is 0.0327. The van der Waals surface area contributed by atoms with Gasteiger partial charge in [-0.2, -0.15) is 0 Å². The van der Waals surface area contributed by atoms with Gasteiger partial charge in [0.1, 0.15) is 0 Å².